The quantitative estimate of drug-likeness (QED) is 0.597. The van der Waals surface area contributed by atoms with Gasteiger partial charge in [-0.25, -0.2) is 0 Å². The van der Waals surface area contributed by atoms with Gasteiger partial charge in [-0.15, -0.1) is 0 Å². The van der Waals surface area contributed by atoms with Crippen LogP contribution in [0.4, 0.5) is 0 Å². The molecule has 4 nitrogen and oxygen atoms in total. The smallest absolute Gasteiger partial charge is 0.303 e. The molecule has 1 atom stereocenters. The van der Waals surface area contributed by atoms with Crippen LogP contribution in [0.3, 0.4) is 0 Å². The summed E-state index contributed by atoms with van der Waals surface area (Å²) in [6, 6.07) is 0. The fourth-order valence-corrected chi connectivity index (χ4v) is 3.22. The molecule has 66 valence electrons. The van der Waals surface area contributed by atoms with Crippen molar-refractivity contribution in [3.8, 4) is 0 Å². The van der Waals surface area contributed by atoms with E-state index in [4.69, 9.17) is 14.2 Å². The Morgan fingerprint density at radius 3 is 2.55 bits per heavy atom. The number of carboxylic acid groups (broad SMARTS) is 1. The third-order valence-electron chi connectivity index (χ3n) is 1.82. The molecule has 0 aromatic heterocycles. The average Bonchev–Trinajstić information content (AvgIpc) is 2.08. The largest absolute Gasteiger partial charge is 0.481 e. The van der Waals surface area contributed by atoms with Gasteiger partial charge in [-0.2, -0.15) is 10.6 Å². The molecule has 0 unspecified atom stereocenters. The molecule has 1 saturated heterocycles. The molecule has 1 heterocycles. The van der Waals surface area contributed by atoms with Gasteiger partial charge in [0.15, 0.2) is 0 Å². The highest BCUT2D eigenvalue weighted by Crippen LogP contribution is 2.49. The maximum absolute atomic E-state index is 10.2. The maximum Gasteiger partial charge on any atom is 0.303 e. The van der Waals surface area contributed by atoms with Crippen LogP contribution in [0.2, 0.25) is 0 Å². The second kappa shape index (κ2) is 3.00. The second-order valence-corrected chi connectivity index (χ2v) is 5.27. The van der Waals surface area contributed by atoms with Gasteiger partial charge in [-0.1, -0.05) is 0 Å². The number of carbonyl (C=O) groups is 1. The molecule has 1 rings (SSSR count). The van der Waals surface area contributed by atoms with Gasteiger partial charge in [0.25, 0.3) is 0 Å². The van der Waals surface area contributed by atoms with Gasteiger partial charge in [0.1, 0.15) is 0 Å². The van der Waals surface area contributed by atoms with E-state index < -0.39 is 16.6 Å². The lowest BCUT2D eigenvalue weighted by Gasteiger charge is -2.25. The van der Waals surface area contributed by atoms with Crippen LogP contribution in [-0.4, -0.2) is 31.7 Å². The Kier molecular flexibility index (Phi) is 2.41. The van der Waals surface area contributed by atoms with Gasteiger partial charge in [-0.3, -0.25) is 13.9 Å². The van der Waals surface area contributed by atoms with Gasteiger partial charge < -0.3 is 5.11 Å². The summed E-state index contributed by atoms with van der Waals surface area (Å²) in [5.74, 6) is -0.228. The molecule has 1 fully saturated rings. The third kappa shape index (κ3) is 2.69. The summed E-state index contributed by atoms with van der Waals surface area (Å²) in [4.78, 5) is 10.2. The highest BCUT2D eigenvalue weighted by molar-refractivity contribution is 8.24. The van der Waals surface area contributed by atoms with Gasteiger partial charge in [0, 0.05) is 17.9 Å². The molecule has 0 aliphatic carbocycles. The monoisotopic (exact) mass is 180 g/mol. The number of hydrogen-bond acceptors (Lipinski definition) is 3. The highest BCUT2D eigenvalue weighted by Gasteiger charge is 2.29. The first-order valence-electron chi connectivity index (χ1n) is 3.45. The molecule has 0 aromatic rings. The van der Waals surface area contributed by atoms with Crippen molar-refractivity contribution in [3.05, 3.63) is 0 Å². The SMILES string of the molecule is O=C(O)C[C@H]1CCS(O)(O)C1. The first-order valence-corrected chi connectivity index (χ1v) is 5.33. The Bertz CT molecular complexity index is 168. The number of hydrogen-bond donors (Lipinski definition) is 3. The molecule has 0 saturated carbocycles. The second-order valence-electron chi connectivity index (χ2n) is 2.93. The van der Waals surface area contributed by atoms with Gasteiger partial charge in [0.2, 0.25) is 0 Å². The zero-order valence-electron chi connectivity index (χ0n) is 6.06. The van der Waals surface area contributed by atoms with Crippen LogP contribution in [0.25, 0.3) is 0 Å². The molecule has 1 aliphatic heterocycles. The molecule has 1 aliphatic rings. The summed E-state index contributed by atoms with van der Waals surface area (Å²) in [6.07, 6.45) is 0.699. The van der Waals surface area contributed by atoms with Gasteiger partial charge in [-0.05, 0) is 12.3 Å². The van der Waals surface area contributed by atoms with E-state index in [-0.39, 0.29) is 18.1 Å². The average molecular weight is 180 g/mol. The topological polar surface area (TPSA) is 77.8 Å². The summed E-state index contributed by atoms with van der Waals surface area (Å²) in [6.45, 7) is 0. The number of carboxylic acids is 1. The van der Waals surface area contributed by atoms with Crippen LogP contribution in [-0.2, 0) is 4.79 Å². The van der Waals surface area contributed by atoms with Crippen LogP contribution < -0.4 is 0 Å². The van der Waals surface area contributed by atoms with E-state index in [0.717, 1.165) is 0 Å². The van der Waals surface area contributed by atoms with Crippen LogP contribution in [0.1, 0.15) is 12.8 Å². The minimum Gasteiger partial charge on any atom is -0.481 e. The molecule has 11 heavy (non-hydrogen) atoms. The molecule has 0 radical (unpaired) electrons. The van der Waals surface area contributed by atoms with E-state index in [1.165, 1.54) is 0 Å². The van der Waals surface area contributed by atoms with Crippen LogP contribution in [0.5, 0.6) is 0 Å². The summed E-state index contributed by atoms with van der Waals surface area (Å²) in [5.41, 5.74) is 0. The molecule has 3 N–H and O–H groups in total. The highest BCUT2D eigenvalue weighted by atomic mass is 32.3. The summed E-state index contributed by atoms with van der Waals surface area (Å²) < 4.78 is 18.2. The molecule has 0 amide bonds. The zero-order valence-corrected chi connectivity index (χ0v) is 6.88. The molecule has 0 spiro atoms. The predicted octanol–water partition coefficient (Wildman–Crippen LogP) is 1.23. The first kappa shape index (κ1) is 8.83. The lowest BCUT2D eigenvalue weighted by molar-refractivity contribution is -0.137. The third-order valence-corrected chi connectivity index (χ3v) is 3.71. The van der Waals surface area contributed by atoms with Crippen molar-refractivity contribution in [2.24, 2.45) is 5.92 Å². The summed E-state index contributed by atoms with van der Waals surface area (Å²) in [5, 5.41) is 8.39. The van der Waals surface area contributed by atoms with Crippen LogP contribution >= 0.6 is 10.6 Å². The molecular formula is C6H12O4S. The van der Waals surface area contributed by atoms with Crippen LogP contribution in [0.15, 0.2) is 0 Å². The van der Waals surface area contributed by atoms with Crippen molar-refractivity contribution < 1.29 is 19.0 Å². The lowest BCUT2D eigenvalue weighted by Crippen LogP contribution is -2.08. The predicted molar refractivity (Wildman–Crippen MR) is 42.9 cm³/mol. The standard InChI is InChI=1S/C6H12O4S/c7-6(8)3-5-1-2-11(9,10)4-5/h5,9-10H,1-4H2,(H,7,8)/t5-/m1/s1. The number of aliphatic carboxylic acids is 1. The Morgan fingerprint density at radius 1 is 1.55 bits per heavy atom. The molecule has 5 heteroatoms. The van der Waals surface area contributed by atoms with E-state index in [2.05, 4.69) is 0 Å². The maximum atomic E-state index is 10.2. The minimum absolute atomic E-state index is 0.0301. The van der Waals surface area contributed by atoms with Crippen molar-refractivity contribution in [1.29, 1.82) is 0 Å². The zero-order chi connectivity index (χ0) is 8.48. The van der Waals surface area contributed by atoms with Crippen molar-refractivity contribution in [2.75, 3.05) is 11.5 Å². The van der Waals surface area contributed by atoms with Crippen LogP contribution in [0, 0.1) is 5.92 Å². The van der Waals surface area contributed by atoms with E-state index in [1.807, 2.05) is 0 Å². The van der Waals surface area contributed by atoms with Gasteiger partial charge >= 0.3 is 5.97 Å². The van der Waals surface area contributed by atoms with Gasteiger partial charge in [0.05, 0.1) is 0 Å². The van der Waals surface area contributed by atoms with E-state index >= 15 is 0 Å². The van der Waals surface area contributed by atoms with E-state index in [0.29, 0.717) is 12.2 Å². The fourth-order valence-electron chi connectivity index (χ4n) is 1.31. The lowest BCUT2D eigenvalue weighted by atomic mass is 10.1. The summed E-state index contributed by atoms with van der Waals surface area (Å²) in [7, 11) is -2.40. The van der Waals surface area contributed by atoms with Crippen molar-refractivity contribution >= 4 is 16.6 Å². The Labute approximate surface area is 66.6 Å². The van der Waals surface area contributed by atoms with E-state index in [1.54, 1.807) is 0 Å². The van der Waals surface area contributed by atoms with E-state index in [9.17, 15) is 4.79 Å². The Hall–Kier alpha value is -0.260. The molecular weight excluding hydrogens is 168 g/mol. The Balaban J connectivity index is 2.36. The number of rotatable bonds is 2. The van der Waals surface area contributed by atoms with Crippen molar-refractivity contribution in [2.45, 2.75) is 12.8 Å². The Morgan fingerprint density at radius 2 is 2.18 bits per heavy atom. The fraction of sp³-hybridized carbons (Fsp3) is 0.833. The van der Waals surface area contributed by atoms with Crippen molar-refractivity contribution in [3.63, 3.8) is 0 Å². The molecule has 0 bridgehead atoms. The first-order chi connectivity index (χ1) is 4.99. The minimum atomic E-state index is -2.40. The molecule has 0 aromatic carbocycles. The normalized spacial score (nSPS) is 31.6. The van der Waals surface area contributed by atoms with Crippen molar-refractivity contribution in [1.82, 2.24) is 0 Å². The summed E-state index contributed by atoms with van der Waals surface area (Å²) >= 11 is 0.